The Morgan fingerprint density at radius 3 is 2.89 bits per heavy atom. The summed E-state index contributed by atoms with van der Waals surface area (Å²) in [5.41, 5.74) is 5.89. The van der Waals surface area contributed by atoms with Crippen molar-refractivity contribution in [1.82, 2.24) is 19.4 Å². The molecule has 0 N–H and O–H groups in total. The van der Waals surface area contributed by atoms with Gasteiger partial charge in [0.05, 0.1) is 29.2 Å². The van der Waals surface area contributed by atoms with E-state index in [4.69, 9.17) is 9.15 Å². The zero-order valence-corrected chi connectivity index (χ0v) is 15.6. The first-order valence-electron chi connectivity index (χ1n) is 9.16. The number of hydrogen-bond acceptors (Lipinski definition) is 5. The number of aromatic nitrogens is 4. The van der Waals surface area contributed by atoms with Gasteiger partial charge in [-0.3, -0.25) is 9.38 Å². The van der Waals surface area contributed by atoms with Crippen LogP contribution < -0.4 is 4.74 Å². The lowest BCUT2D eigenvalue weighted by Crippen LogP contribution is -2.00. The third kappa shape index (κ3) is 2.62. The number of pyridine rings is 1. The lowest BCUT2D eigenvalue weighted by molar-refractivity contribution is 0.468. The fraction of sp³-hybridized carbons (Fsp3) is 0.136. The maximum absolute atomic E-state index is 6.08. The highest BCUT2D eigenvalue weighted by Crippen LogP contribution is 2.33. The molecule has 6 heteroatoms. The molecule has 5 aromatic rings. The molecule has 0 unspecified atom stereocenters. The summed E-state index contributed by atoms with van der Waals surface area (Å²) in [6, 6.07) is 9.79. The molecule has 0 atom stereocenters. The summed E-state index contributed by atoms with van der Waals surface area (Å²) in [5, 5.41) is 0.854. The summed E-state index contributed by atoms with van der Waals surface area (Å²) in [4.78, 5) is 13.2. The molecule has 0 aliphatic carbocycles. The van der Waals surface area contributed by atoms with E-state index < -0.39 is 0 Å². The Labute approximate surface area is 161 Å². The standard InChI is InChI=1S/C22H18N4O2/c1-3-15-12-16(28-22-18-7-11-27-19(18)6-8-24-22)4-5-17(15)21-14(2)25-13-20-23-9-10-26(20)21/h4-13H,3H2,1-2H3. The zero-order valence-electron chi connectivity index (χ0n) is 15.6. The van der Waals surface area contributed by atoms with Crippen molar-refractivity contribution in [2.75, 3.05) is 0 Å². The Kier molecular flexibility index (Phi) is 3.83. The van der Waals surface area contributed by atoms with Crippen LogP contribution in [-0.4, -0.2) is 19.4 Å². The van der Waals surface area contributed by atoms with E-state index in [-0.39, 0.29) is 0 Å². The van der Waals surface area contributed by atoms with Crippen LogP contribution in [0.4, 0.5) is 0 Å². The van der Waals surface area contributed by atoms with Gasteiger partial charge in [0.15, 0.2) is 5.65 Å². The van der Waals surface area contributed by atoms with Crippen LogP contribution in [0.15, 0.2) is 65.8 Å². The quantitative estimate of drug-likeness (QED) is 0.435. The van der Waals surface area contributed by atoms with Gasteiger partial charge < -0.3 is 9.15 Å². The summed E-state index contributed by atoms with van der Waals surface area (Å²) in [7, 11) is 0. The highest BCUT2D eigenvalue weighted by molar-refractivity contribution is 5.82. The average molecular weight is 370 g/mol. The molecule has 0 spiro atoms. The van der Waals surface area contributed by atoms with Gasteiger partial charge in [-0.25, -0.2) is 9.97 Å². The molecule has 4 aromatic heterocycles. The van der Waals surface area contributed by atoms with Crippen molar-refractivity contribution in [3.8, 4) is 22.9 Å². The number of furan rings is 1. The van der Waals surface area contributed by atoms with Crippen molar-refractivity contribution in [2.45, 2.75) is 20.3 Å². The number of imidazole rings is 1. The molecule has 0 fully saturated rings. The molecule has 0 radical (unpaired) electrons. The van der Waals surface area contributed by atoms with Gasteiger partial charge in [0.1, 0.15) is 11.3 Å². The number of ether oxygens (including phenoxy) is 1. The Hall–Kier alpha value is -3.67. The lowest BCUT2D eigenvalue weighted by atomic mass is 10.0. The second-order valence-electron chi connectivity index (χ2n) is 6.57. The van der Waals surface area contributed by atoms with Gasteiger partial charge in [-0.2, -0.15) is 0 Å². The topological polar surface area (TPSA) is 65.5 Å². The van der Waals surface area contributed by atoms with E-state index in [1.54, 1.807) is 24.9 Å². The summed E-state index contributed by atoms with van der Waals surface area (Å²) in [6.07, 6.45) is 9.74. The smallest absolute Gasteiger partial charge is 0.230 e. The number of rotatable bonds is 4. The Morgan fingerprint density at radius 1 is 1.07 bits per heavy atom. The van der Waals surface area contributed by atoms with E-state index in [0.29, 0.717) is 5.88 Å². The SMILES string of the molecule is CCc1cc(Oc2nccc3occc23)ccc1-c1c(C)ncc2nccn12. The van der Waals surface area contributed by atoms with Crippen molar-refractivity contribution in [3.63, 3.8) is 0 Å². The predicted molar refractivity (Wildman–Crippen MR) is 107 cm³/mol. The van der Waals surface area contributed by atoms with Gasteiger partial charge in [-0.05, 0) is 49.2 Å². The number of benzene rings is 1. The van der Waals surface area contributed by atoms with Crippen molar-refractivity contribution >= 4 is 16.6 Å². The molecule has 138 valence electrons. The van der Waals surface area contributed by atoms with E-state index in [9.17, 15) is 0 Å². The number of fused-ring (bicyclic) bond motifs is 2. The highest BCUT2D eigenvalue weighted by Gasteiger charge is 2.14. The zero-order chi connectivity index (χ0) is 19.1. The normalized spacial score (nSPS) is 11.4. The minimum absolute atomic E-state index is 0.538. The van der Waals surface area contributed by atoms with Crippen LogP contribution in [0.25, 0.3) is 27.9 Å². The maximum atomic E-state index is 6.08. The first-order valence-corrected chi connectivity index (χ1v) is 9.16. The summed E-state index contributed by atoms with van der Waals surface area (Å²) < 4.78 is 13.6. The Balaban J connectivity index is 1.60. The van der Waals surface area contributed by atoms with Gasteiger partial charge >= 0.3 is 0 Å². The molecule has 28 heavy (non-hydrogen) atoms. The molecular weight excluding hydrogens is 352 g/mol. The second kappa shape index (κ2) is 6.49. The predicted octanol–water partition coefficient (Wildman–Crippen LogP) is 5.20. The molecule has 0 aliphatic heterocycles. The van der Waals surface area contributed by atoms with Gasteiger partial charge in [0, 0.05) is 24.2 Å². The second-order valence-corrected chi connectivity index (χ2v) is 6.57. The fourth-order valence-electron chi connectivity index (χ4n) is 3.53. The van der Waals surface area contributed by atoms with Gasteiger partial charge in [-0.15, -0.1) is 0 Å². The first-order chi connectivity index (χ1) is 13.7. The fourth-order valence-corrected chi connectivity index (χ4v) is 3.53. The summed E-state index contributed by atoms with van der Waals surface area (Å²) >= 11 is 0. The lowest BCUT2D eigenvalue weighted by Gasteiger charge is -2.14. The van der Waals surface area contributed by atoms with Crippen LogP contribution in [0.3, 0.4) is 0 Å². The van der Waals surface area contributed by atoms with Crippen LogP contribution in [0.1, 0.15) is 18.2 Å². The number of nitrogens with zero attached hydrogens (tertiary/aromatic N) is 4. The molecular formula is C22H18N4O2. The van der Waals surface area contributed by atoms with Crippen molar-refractivity contribution in [1.29, 1.82) is 0 Å². The monoisotopic (exact) mass is 370 g/mol. The number of hydrogen-bond donors (Lipinski definition) is 0. The van der Waals surface area contributed by atoms with Crippen molar-refractivity contribution < 1.29 is 9.15 Å². The molecule has 1 aromatic carbocycles. The van der Waals surface area contributed by atoms with E-state index >= 15 is 0 Å². The minimum atomic E-state index is 0.538. The molecule has 0 amide bonds. The van der Waals surface area contributed by atoms with Crippen LogP contribution in [-0.2, 0) is 6.42 Å². The Bertz CT molecular complexity index is 1300. The molecule has 0 aliphatic rings. The maximum Gasteiger partial charge on any atom is 0.230 e. The first kappa shape index (κ1) is 16.5. The summed E-state index contributed by atoms with van der Waals surface area (Å²) in [5.74, 6) is 1.28. The molecule has 0 bridgehead atoms. The van der Waals surface area contributed by atoms with E-state index in [2.05, 4.69) is 38.4 Å². The van der Waals surface area contributed by atoms with Gasteiger partial charge in [-0.1, -0.05) is 6.92 Å². The number of aryl methyl sites for hydroxylation is 2. The van der Waals surface area contributed by atoms with Crippen LogP contribution in [0.2, 0.25) is 0 Å². The van der Waals surface area contributed by atoms with Gasteiger partial charge in [0.2, 0.25) is 5.88 Å². The third-order valence-corrected chi connectivity index (χ3v) is 4.90. The van der Waals surface area contributed by atoms with E-state index in [1.807, 2.05) is 31.3 Å². The molecule has 5 rings (SSSR count). The molecule has 6 nitrogen and oxygen atoms in total. The van der Waals surface area contributed by atoms with E-state index in [1.165, 1.54) is 5.56 Å². The van der Waals surface area contributed by atoms with Crippen molar-refractivity contribution in [3.05, 3.63) is 72.6 Å². The van der Waals surface area contributed by atoms with Crippen LogP contribution in [0, 0.1) is 6.92 Å². The highest BCUT2D eigenvalue weighted by atomic mass is 16.5. The average Bonchev–Trinajstić information content (AvgIpc) is 3.38. The molecule has 0 saturated carbocycles. The van der Waals surface area contributed by atoms with Crippen LogP contribution in [0.5, 0.6) is 11.6 Å². The van der Waals surface area contributed by atoms with E-state index in [0.717, 1.165) is 45.7 Å². The Morgan fingerprint density at radius 2 is 2.00 bits per heavy atom. The molecule has 4 heterocycles. The molecule has 0 saturated heterocycles. The van der Waals surface area contributed by atoms with Gasteiger partial charge in [0.25, 0.3) is 0 Å². The minimum Gasteiger partial charge on any atom is -0.464 e. The van der Waals surface area contributed by atoms with Crippen LogP contribution >= 0.6 is 0 Å². The summed E-state index contributed by atoms with van der Waals surface area (Å²) in [6.45, 7) is 4.15. The third-order valence-electron chi connectivity index (χ3n) is 4.90. The largest absolute Gasteiger partial charge is 0.464 e. The van der Waals surface area contributed by atoms with Crippen molar-refractivity contribution in [2.24, 2.45) is 0 Å².